The maximum atomic E-state index is 13.2. The molecule has 0 radical (unpaired) electrons. The summed E-state index contributed by atoms with van der Waals surface area (Å²) in [6.07, 6.45) is 8.11. The molecule has 152 valence electrons. The van der Waals surface area contributed by atoms with Crippen LogP contribution in [0, 0.1) is 13.8 Å². The number of hydrogen-bond acceptors (Lipinski definition) is 3. The van der Waals surface area contributed by atoms with Crippen molar-refractivity contribution in [3.8, 4) is 5.75 Å². The standard InChI is InChI=1S/C23H21NO2.C2H6.CH4/c1-15-9-8-10-16(2)22(15)26-23(25)21-17-11-4-6-13-19(17)24(3)20-14-7-5-12-18(20)21;1-2;/h4-14,19H,1-3H3;1-2H3;1H4. The third kappa shape index (κ3) is 4.04. The molecule has 0 aromatic heterocycles. The molecule has 0 saturated carbocycles. The molecule has 29 heavy (non-hydrogen) atoms. The van der Waals surface area contributed by atoms with E-state index in [1.54, 1.807) is 0 Å². The van der Waals surface area contributed by atoms with E-state index >= 15 is 0 Å². The maximum Gasteiger partial charge on any atom is 0.344 e. The molecular formula is C26H31NO2. The van der Waals surface area contributed by atoms with Gasteiger partial charge in [-0.05, 0) is 36.6 Å². The summed E-state index contributed by atoms with van der Waals surface area (Å²) < 4.78 is 5.88. The minimum Gasteiger partial charge on any atom is -0.422 e. The van der Waals surface area contributed by atoms with Gasteiger partial charge in [-0.15, -0.1) is 0 Å². The van der Waals surface area contributed by atoms with E-state index in [1.165, 1.54) is 0 Å². The predicted octanol–water partition coefficient (Wildman–Crippen LogP) is 6.27. The molecule has 0 spiro atoms. The van der Waals surface area contributed by atoms with Crippen LogP contribution in [0.4, 0.5) is 5.69 Å². The molecule has 2 aliphatic rings. The van der Waals surface area contributed by atoms with Gasteiger partial charge in [0.1, 0.15) is 5.75 Å². The van der Waals surface area contributed by atoms with Gasteiger partial charge in [-0.3, -0.25) is 0 Å². The molecular weight excluding hydrogens is 358 g/mol. The van der Waals surface area contributed by atoms with Gasteiger partial charge in [-0.1, -0.05) is 82.0 Å². The third-order valence-electron chi connectivity index (χ3n) is 5.07. The predicted molar refractivity (Wildman–Crippen MR) is 123 cm³/mol. The van der Waals surface area contributed by atoms with E-state index in [-0.39, 0.29) is 19.4 Å². The molecule has 4 rings (SSSR count). The quantitative estimate of drug-likeness (QED) is 0.448. The van der Waals surface area contributed by atoms with E-state index in [0.29, 0.717) is 11.3 Å². The Morgan fingerprint density at radius 2 is 1.62 bits per heavy atom. The summed E-state index contributed by atoms with van der Waals surface area (Å²) in [5.74, 6) is 0.344. The number of allylic oxidation sites excluding steroid dienone is 2. The molecule has 0 amide bonds. The molecule has 0 N–H and O–H groups in total. The molecule has 1 heterocycles. The first kappa shape index (κ1) is 22.2. The first-order valence-corrected chi connectivity index (χ1v) is 9.77. The zero-order valence-corrected chi connectivity index (χ0v) is 17.2. The highest BCUT2D eigenvalue weighted by atomic mass is 16.5. The molecule has 1 aliphatic carbocycles. The summed E-state index contributed by atoms with van der Waals surface area (Å²) in [7, 11) is 2.06. The van der Waals surface area contributed by atoms with Crippen molar-refractivity contribution in [3.63, 3.8) is 0 Å². The van der Waals surface area contributed by atoms with Crippen molar-refractivity contribution < 1.29 is 9.53 Å². The van der Waals surface area contributed by atoms with Gasteiger partial charge >= 0.3 is 5.97 Å². The van der Waals surface area contributed by atoms with Gasteiger partial charge in [-0.2, -0.15) is 0 Å². The molecule has 3 nitrogen and oxygen atoms in total. The number of carbonyl (C=O) groups is 1. The molecule has 2 aromatic carbocycles. The topological polar surface area (TPSA) is 29.5 Å². The Balaban J connectivity index is 0.000000970. The Morgan fingerprint density at radius 1 is 0.966 bits per heavy atom. The number of rotatable bonds is 2. The largest absolute Gasteiger partial charge is 0.422 e. The lowest BCUT2D eigenvalue weighted by atomic mass is 9.86. The average molecular weight is 390 g/mol. The summed E-state index contributed by atoms with van der Waals surface area (Å²) in [6, 6.07) is 13.9. The molecule has 0 bridgehead atoms. The van der Waals surface area contributed by atoms with E-state index in [4.69, 9.17) is 4.74 Å². The van der Waals surface area contributed by atoms with Crippen LogP contribution in [0.2, 0.25) is 0 Å². The number of ether oxygens (including phenoxy) is 1. The van der Waals surface area contributed by atoms with Gasteiger partial charge in [0.25, 0.3) is 0 Å². The first-order valence-electron chi connectivity index (χ1n) is 9.77. The van der Waals surface area contributed by atoms with Crippen LogP contribution >= 0.6 is 0 Å². The fourth-order valence-electron chi connectivity index (χ4n) is 3.73. The van der Waals surface area contributed by atoms with Crippen LogP contribution in [0.5, 0.6) is 5.75 Å². The molecule has 0 saturated heterocycles. The van der Waals surface area contributed by atoms with E-state index < -0.39 is 0 Å². The second kappa shape index (κ2) is 9.42. The number of aryl methyl sites for hydroxylation is 2. The van der Waals surface area contributed by atoms with Gasteiger partial charge in [0.2, 0.25) is 0 Å². The van der Waals surface area contributed by atoms with Gasteiger partial charge < -0.3 is 9.64 Å². The lowest BCUT2D eigenvalue weighted by molar-refractivity contribution is -0.128. The van der Waals surface area contributed by atoms with Crippen LogP contribution in [0.3, 0.4) is 0 Å². The zero-order valence-electron chi connectivity index (χ0n) is 17.2. The molecule has 0 fully saturated rings. The number of likely N-dealkylation sites (N-methyl/N-ethyl adjacent to an activating group) is 1. The number of hydrogen-bond donors (Lipinski definition) is 0. The summed E-state index contributed by atoms with van der Waals surface area (Å²) in [5.41, 5.74) is 5.49. The normalized spacial score (nSPS) is 16.2. The number of para-hydroxylation sites is 2. The first-order chi connectivity index (χ1) is 13.6. The van der Waals surface area contributed by atoms with Gasteiger partial charge in [0, 0.05) is 18.3 Å². The van der Waals surface area contributed by atoms with Crippen LogP contribution in [-0.2, 0) is 4.79 Å². The third-order valence-corrected chi connectivity index (χ3v) is 5.07. The Labute approximate surface area is 175 Å². The second-order valence-electron chi connectivity index (χ2n) is 6.76. The second-order valence-corrected chi connectivity index (χ2v) is 6.76. The van der Waals surface area contributed by atoms with Crippen LogP contribution in [-0.4, -0.2) is 19.1 Å². The molecule has 1 aliphatic heterocycles. The number of benzene rings is 2. The minimum absolute atomic E-state index is 0. The fraction of sp³-hybridized carbons (Fsp3) is 0.269. The van der Waals surface area contributed by atoms with Crippen molar-refractivity contribution in [2.45, 2.75) is 41.2 Å². The van der Waals surface area contributed by atoms with Gasteiger partial charge in [-0.25, -0.2) is 4.79 Å². The van der Waals surface area contributed by atoms with Crippen molar-refractivity contribution >= 4 is 17.2 Å². The van der Waals surface area contributed by atoms with Crippen molar-refractivity contribution in [2.75, 3.05) is 11.9 Å². The Morgan fingerprint density at radius 3 is 2.31 bits per heavy atom. The summed E-state index contributed by atoms with van der Waals surface area (Å²) in [6.45, 7) is 7.92. The van der Waals surface area contributed by atoms with E-state index in [2.05, 4.69) is 18.0 Å². The smallest absolute Gasteiger partial charge is 0.344 e. The van der Waals surface area contributed by atoms with E-state index in [9.17, 15) is 4.79 Å². The van der Waals surface area contributed by atoms with Crippen LogP contribution in [0.15, 0.2) is 72.3 Å². The van der Waals surface area contributed by atoms with E-state index in [0.717, 1.165) is 28.0 Å². The van der Waals surface area contributed by atoms with Crippen LogP contribution in [0.1, 0.15) is 38.0 Å². The molecule has 1 unspecified atom stereocenters. The molecule has 1 atom stereocenters. The van der Waals surface area contributed by atoms with Crippen molar-refractivity contribution in [2.24, 2.45) is 0 Å². The van der Waals surface area contributed by atoms with Crippen LogP contribution < -0.4 is 9.64 Å². The lowest BCUT2D eigenvalue weighted by Crippen LogP contribution is -2.37. The number of nitrogens with zero attached hydrogens (tertiary/aromatic N) is 1. The van der Waals surface area contributed by atoms with Gasteiger partial charge in [0.05, 0.1) is 11.6 Å². The maximum absolute atomic E-state index is 13.2. The molecule has 3 heteroatoms. The highest BCUT2D eigenvalue weighted by Crippen LogP contribution is 2.40. The summed E-state index contributed by atoms with van der Waals surface area (Å²) in [4.78, 5) is 15.4. The molecule has 2 aromatic rings. The fourth-order valence-corrected chi connectivity index (χ4v) is 3.73. The number of carbonyl (C=O) groups excluding carboxylic acids is 1. The summed E-state index contributed by atoms with van der Waals surface area (Å²) in [5, 5.41) is 0. The SMILES string of the molecule is C.CC.Cc1cccc(C)c1OC(=O)C1=C2C=CC=CC2N(C)c2ccccc21. The van der Waals surface area contributed by atoms with Crippen molar-refractivity contribution in [3.05, 3.63) is 89.0 Å². The Kier molecular flexibility index (Phi) is 7.22. The van der Waals surface area contributed by atoms with Gasteiger partial charge in [0.15, 0.2) is 0 Å². The van der Waals surface area contributed by atoms with Crippen molar-refractivity contribution in [1.82, 2.24) is 0 Å². The Bertz CT molecular complexity index is 962. The monoisotopic (exact) mass is 389 g/mol. The number of esters is 1. The average Bonchev–Trinajstić information content (AvgIpc) is 2.73. The number of anilines is 1. The zero-order chi connectivity index (χ0) is 20.3. The van der Waals surface area contributed by atoms with Crippen molar-refractivity contribution in [1.29, 1.82) is 0 Å². The highest BCUT2D eigenvalue weighted by molar-refractivity contribution is 6.21. The Hall–Kier alpha value is -3.07. The highest BCUT2D eigenvalue weighted by Gasteiger charge is 2.33. The van der Waals surface area contributed by atoms with Crippen LogP contribution in [0.25, 0.3) is 5.57 Å². The van der Waals surface area contributed by atoms with E-state index in [1.807, 2.05) is 88.4 Å². The number of fused-ring (bicyclic) bond motifs is 2. The lowest BCUT2D eigenvalue weighted by Gasteiger charge is -2.37. The minimum atomic E-state index is -0.303. The summed E-state index contributed by atoms with van der Waals surface area (Å²) >= 11 is 0.